The fourth-order valence-electron chi connectivity index (χ4n) is 2.04. The summed E-state index contributed by atoms with van der Waals surface area (Å²) < 4.78 is 0. The third kappa shape index (κ3) is 2.98. The Kier molecular flexibility index (Phi) is 4.39. The minimum absolute atomic E-state index is 0.0771. The van der Waals surface area contributed by atoms with Crippen LogP contribution in [0.3, 0.4) is 0 Å². The number of hydrogen-bond acceptors (Lipinski definition) is 2. The van der Waals surface area contributed by atoms with Crippen LogP contribution in [0.25, 0.3) is 0 Å². The van der Waals surface area contributed by atoms with Gasteiger partial charge < -0.3 is 10.6 Å². The first-order valence-corrected chi connectivity index (χ1v) is 5.60. The molecule has 1 aliphatic carbocycles. The average molecular weight is 198 g/mol. The monoisotopic (exact) mass is 198 g/mol. The second kappa shape index (κ2) is 5.35. The minimum Gasteiger partial charge on any atom is -0.354 e. The first kappa shape index (κ1) is 11.5. The molecular formula is C11H22N2O. The zero-order chi connectivity index (χ0) is 10.6. The van der Waals surface area contributed by atoms with E-state index in [-0.39, 0.29) is 11.9 Å². The van der Waals surface area contributed by atoms with E-state index in [1.165, 1.54) is 19.3 Å². The van der Waals surface area contributed by atoms with E-state index in [1.807, 2.05) is 14.0 Å². The van der Waals surface area contributed by atoms with Gasteiger partial charge in [0.05, 0.1) is 6.04 Å². The van der Waals surface area contributed by atoms with Crippen LogP contribution in [0.5, 0.6) is 0 Å². The molecule has 82 valence electrons. The average Bonchev–Trinajstić information content (AvgIpc) is 2.59. The molecule has 0 bridgehead atoms. The maximum atomic E-state index is 11.5. The van der Waals surface area contributed by atoms with Gasteiger partial charge in [-0.3, -0.25) is 4.79 Å². The molecule has 1 saturated carbocycles. The van der Waals surface area contributed by atoms with Gasteiger partial charge in [0.15, 0.2) is 0 Å². The summed E-state index contributed by atoms with van der Waals surface area (Å²) in [5, 5.41) is 5.94. The minimum atomic E-state index is -0.0771. The van der Waals surface area contributed by atoms with Crippen molar-refractivity contribution in [1.29, 1.82) is 0 Å². The van der Waals surface area contributed by atoms with Crippen LogP contribution in [0, 0.1) is 11.8 Å². The quantitative estimate of drug-likeness (QED) is 0.711. The maximum absolute atomic E-state index is 11.5. The van der Waals surface area contributed by atoms with Gasteiger partial charge in [-0.05, 0) is 32.2 Å². The third-order valence-corrected chi connectivity index (χ3v) is 3.40. The lowest BCUT2D eigenvalue weighted by Gasteiger charge is -2.17. The molecule has 1 aliphatic rings. The number of hydrogen-bond donors (Lipinski definition) is 2. The Morgan fingerprint density at radius 1 is 1.50 bits per heavy atom. The molecule has 0 radical (unpaired) electrons. The number of carbonyl (C=O) groups excluding carboxylic acids is 1. The first-order valence-electron chi connectivity index (χ1n) is 5.60. The van der Waals surface area contributed by atoms with Crippen LogP contribution in [-0.4, -0.2) is 25.5 Å². The first-order chi connectivity index (χ1) is 6.65. The second-order valence-corrected chi connectivity index (χ2v) is 4.42. The van der Waals surface area contributed by atoms with Crippen molar-refractivity contribution in [2.24, 2.45) is 11.8 Å². The molecule has 2 N–H and O–H groups in total. The summed E-state index contributed by atoms with van der Waals surface area (Å²) in [5.41, 5.74) is 0. The fraction of sp³-hybridized carbons (Fsp3) is 0.909. The van der Waals surface area contributed by atoms with Crippen molar-refractivity contribution in [1.82, 2.24) is 10.6 Å². The normalized spacial score (nSPS) is 28.8. The Bertz CT molecular complexity index is 194. The van der Waals surface area contributed by atoms with Crippen LogP contribution in [0.15, 0.2) is 0 Å². The number of nitrogens with one attached hydrogen (secondary N) is 2. The van der Waals surface area contributed by atoms with Crippen LogP contribution >= 0.6 is 0 Å². The zero-order valence-electron chi connectivity index (χ0n) is 9.47. The van der Waals surface area contributed by atoms with E-state index in [1.54, 1.807) is 0 Å². The Morgan fingerprint density at radius 2 is 2.21 bits per heavy atom. The molecule has 3 atom stereocenters. The lowest BCUT2D eigenvalue weighted by molar-refractivity contribution is -0.122. The Hall–Kier alpha value is -0.570. The molecular weight excluding hydrogens is 176 g/mol. The molecule has 3 unspecified atom stereocenters. The van der Waals surface area contributed by atoms with Crippen molar-refractivity contribution in [2.75, 3.05) is 13.6 Å². The molecule has 0 aromatic rings. The van der Waals surface area contributed by atoms with E-state index in [2.05, 4.69) is 17.6 Å². The maximum Gasteiger partial charge on any atom is 0.236 e. The third-order valence-electron chi connectivity index (χ3n) is 3.40. The number of likely N-dealkylation sites (N-methyl/N-ethyl adjacent to an activating group) is 1. The second-order valence-electron chi connectivity index (χ2n) is 4.42. The summed E-state index contributed by atoms with van der Waals surface area (Å²) in [6.07, 6.45) is 3.92. The van der Waals surface area contributed by atoms with Gasteiger partial charge in [0.25, 0.3) is 0 Å². The lowest BCUT2D eigenvalue weighted by Crippen LogP contribution is -2.42. The highest BCUT2D eigenvalue weighted by Gasteiger charge is 2.23. The van der Waals surface area contributed by atoms with Crippen LogP contribution in [0.2, 0.25) is 0 Å². The van der Waals surface area contributed by atoms with Crippen LogP contribution < -0.4 is 10.6 Å². The van der Waals surface area contributed by atoms with Crippen molar-refractivity contribution in [3.63, 3.8) is 0 Å². The Morgan fingerprint density at radius 3 is 2.71 bits per heavy atom. The molecule has 1 rings (SSSR count). The summed E-state index contributed by atoms with van der Waals surface area (Å²) in [5.74, 6) is 1.59. The lowest BCUT2D eigenvalue weighted by atomic mass is 9.98. The van der Waals surface area contributed by atoms with Gasteiger partial charge in [-0.15, -0.1) is 0 Å². The largest absolute Gasteiger partial charge is 0.354 e. The molecule has 0 spiro atoms. The summed E-state index contributed by atoms with van der Waals surface area (Å²) in [7, 11) is 1.81. The molecule has 3 heteroatoms. The molecule has 14 heavy (non-hydrogen) atoms. The Balaban J connectivity index is 2.22. The summed E-state index contributed by atoms with van der Waals surface area (Å²) >= 11 is 0. The van der Waals surface area contributed by atoms with E-state index in [0.717, 1.165) is 12.5 Å². The van der Waals surface area contributed by atoms with Crippen LogP contribution in [0.1, 0.15) is 33.1 Å². The molecule has 0 aliphatic heterocycles. The van der Waals surface area contributed by atoms with Crippen LogP contribution in [0.4, 0.5) is 0 Å². The molecule has 1 amide bonds. The Labute approximate surface area is 86.6 Å². The van der Waals surface area contributed by atoms with E-state index in [4.69, 9.17) is 0 Å². The molecule has 0 heterocycles. The van der Waals surface area contributed by atoms with Crippen molar-refractivity contribution in [3.05, 3.63) is 0 Å². The van der Waals surface area contributed by atoms with Gasteiger partial charge in [-0.25, -0.2) is 0 Å². The van der Waals surface area contributed by atoms with Crippen molar-refractivity contribution in [2.45, 2.75) is 39.2 Å². The van der Waals surface area contributed by atoms with Crippen molar-refractivity contribution < 1.29 is 4.79 Å². The molecule has 0 aromatic heterocycles. The summed E-state index contributed by atoms with van der Waals surface area (Å²) in [6, 6.07) is -0.0771. The van der Waals surface area contributed by atoms with Gasteiger partial charge in [0.1, 0.15) is 0 Å². The zero-order valence-corrected chi connectivity index (χ0v) is 9.47. The van der Waals surface area contributed by atoms with Crippen molar-refractivity contribution >= 4 is 5.91 Å². The van der Waals surface area contributed by atoms with E-state index in [9.17, 15) is 4.79 Å². The highest BCUT2D eigenvalue weighted by atomic mass is 16.2. The topological polar surface area (TPSA) is 41.1 Å². The van der Waals surface area contributed by atoms with Gasteiger partial charge in [-0.1, -0.05) is 19.8 Å². The van der Waals surface area contributed by atoms with Crippen molar-refractivity contribution in [3.8, 4) is 0 Å². The molecule has 1 fully saturated rings. The smallest absolute Gasteiger partial charge is 0.236 e. The predicted octanol–water partition coefficient (Wildman–Crippen LogP) is 1.15. The van der Waals surface area contributed by atoms with Gasteiger partial charge in [0, 0.05) is 6.54 Å². The van der Waals surface area contributed by atoms with Gasteiger partial charge >= 0.3 is 0 Å². The number of carbonyl (C=O) groups is 1. The molecule has 0 aromatic carbocycles. The van der Waals surface area contributed by atoms with E-state index >= 15 is 0 Å². The van der Waals surface area contributed by atoms with Gasteiger partial charge in [0.2, 0.25) is 5.91 Å². The molecule has 0 saturated heterocycles. The van der Waals surface area contributed by atoms with Gasteiger partial charge in [-0.2, -0.15) is 0 Å². The predicted molar refractivity (Wildman–Crippen MR) is 58.0 cm³/mol. The van der Waals surface area contributed by atoms with E-state index in [0.29, 0.717) is 5.92 Å². The van der Waals surface area contributed by atoms with E-state index < -0.39 is 0 Å². The fourth-order valence-corrected chi connectivity index (χ4v) is 2.04. The highest BCUT2D eigenvalue weighted by Crippen LogP contribution is 2.30. The highest BCUT2D eigenvalue weighted by molar-refractivity contribution is 5.81. The molecule has 3 nitrogen and oxygen atoms in total. The SMILES string of the molecule is CNC(C)C(=O)NCC1CCCC1C. The standard InChI is InChI=1S/C11H22N2O/c1-8-5-4-6-10(8)7-13-11(14)9(2)12-3/h8-10,12H,4-7H2,1-3H3,(H,13,14). The number of amides is 1. The number of rotatable bonds is 4. The summed E-state index contributed by atoms with van der Waals surface area (Å²) in [6.45, 7) is 5.02. The van der Waals surface area contributed by atoms with Crippen LogP contribution in [-0.2, 0) is 4.79 Å². The summed E-state index contributed by atoms with van der Waals surface area (Å²) in [4.78, 5) is 11.5.